The Morgan fingerprint density at radius 2 is 2.32 bits per heavy atom. The highest BCUT2D eigenvalue weighted by molar-refractivity contribution is 7.16. The zero-order chi connectivity index (χ0) is 13.4. The van der Waals surface area contributed by atoms with Gasteiger partial charge in [0, 0.05) is 12.5 Å². The van der Waals surface area contributed by atoms with Crippen molar-refractivity contribution >= 4 is 27.5 Å². The van der Waals surface area contributed by atoms with E-state index in [2.05, 4.69) is 11.9 Å². The van der Waals surface area contributed by atoms with Crippen molar-refractivity contribution in [1.82, 2.24) is 4.57 Å². The van der Waals surface area contributed by atoms with Crippen LogP contribution in [0.1, 0.15) is 26.2 Å². The highest BCUT2D eigenvalue weighted by atomic mass is 32.1. The van der Waals surface area contributed by atoms with Crippen LogP contribution in [0.3, 0.4) is 0 Å². The minimum atomic E-state index is -0.252. The van der Waals surface area contributed by atoms with Crippen molar-refractivity contribution in [1.29, 1.82) is 0 Å². The smallest absolute Gasteiger partial charge is 0.251 e. The maximum absolute atomic E-state index is 13.3. The van der Waals surface area contributed by atoms with Gasteiger partial charge in [-0.1, -0.05) is 18.3 Å². The molecule has 0 unspecified atom stereocenters. The molecule has 0 N–H and O–H groups in total. The third-order valence-corrected chi connectivity index (χ3v) is 4.27. The number of rotatable bonds is 3. The lowest BCUT2D eigenvalue weighted by Crippen LogP contribution is -2.17. The van der Waals surface area contributed by atoms with Gasteiger partial charge in [0.1, 0.15) is 5.82 Å². The van der Waals surface area contributed by atoms with Gasteiger partial charge >= 0.3 is 0 Å². The predicted octanol–water partition coefficient (Wildman–Crippen LogP) is 3.09. The summed E-state index contributed by atoms with van der Waals surface area (Å²) in [4.78, 5) is 16.7. The van der Waals surface area contributed by atoms with Crippen molar-refractivity contribution in [2.24, 2.45) is 10.9 Å². The molecule has 0 radical (unpaired) electrons. The first kappa shape index (κ1) is 12.5. The minimum Gasteiger partial charge on any atom is -0.316 e. The van der Waals surface area contributed by atoms with Crippen molar-refractivity contribution in [3.05, 3.63) is 28.8 Å². The molecule has 1 aliphatic carbocycles. The first-order valence-corrected chi connectivity index (χ1v) is 7.38. The average molecular weight is 278 g/mol. The van der Waals surface area contributed by atoms with Crippen LogP contribution >= 0.6 is 11.3 Å². The van der Waals surface area contributed by atoms with E-state index in [1.165, 1.54) is 23.5 Å². The number of fused-ring (bicyclic) bond motifs is 1. The Morgan fingerprint density at radius 3 is 3.00 bits per heavy atom. The highest BCUT2D eigenvalue weighted by Crippen LogP contribution is 2.30. The summed E-state index contributed by atoms with van der Waals surface area (Å²) < 4.78 is 16.1. The standard InChI is InChI=1S/C14H15FN2OS/c1-2-7-17-11-6-5-10(15)8-12(11)19-14(17)16-13(18)9-3-4-9/h5-6,8-9H,2-4,7H2,1H3. The molecule has 100 valence electrons. The summed E-state index contributed by atoms with van der Waals surface area (Å²) in [5.41, 5.74) is 0.954. The topological polar surface area (TPSA) is 34.4 Å². The van der Waals surface area contributed by atoms with Crippen molar-refractivity contribution in [2.75, 3.05) is 0 Å². The van der Waals surface area contributed by atoms with E-state index >= 15 is 0 Å². The molecule has 3 rings (SSSR count). The Kier molecular flexibility index (Phi) is 3.22. The van der Waals surface area contributed by atoms with Crippen molar-refractivity contribution in [3.63, 3.8) is 0 Å². The second kappa shape index (κ2) is 4.89. The number of hydrogen-bond acceptors (Lipinski definition) is 2. The van der Waals surface area contributed by atoms with Crippen LogP contribution in [0, 0.1) is 11.7 Å². The van der Waals surface area contributed by atoms with Gasteiger partial charge in [-0.2, -0.15) is 4.99 Å². The first-order valence-electron chi connectivity index (χ1n) is 6.56. The van der Waals surface area contributed by atoms with Gasteiger partial charge in [0.15, 0.2) is 4.80 Å². The van der Waals surface area contributed by atoms with Gasteiger partial charge in [-0.3, -0.25) is 4.79 Å². The normalized spacial score (nSPS) is 16.2. The van der Waals surface area contributed by atoms with E-state index in [0.29, 0.717) is 4.80 Å². The summed E-state index contributed by atoms with van der Waals surface area (Å²) in [5.74, 6) is -0.161. The molecule has 0 spiro atoms. The van der Waals surface area contributed by atoms with Gasteiger partial charge in [-0.25, -0.2) is 4.39 Å². The summed E-state index contributed by atoms with van der Waals surface area (Å²) in [7, 11) is 0. The Hall–Kier alpha value is -1.49. The molecule has 1 fully saturated rings. The zero-order valence-corrected chi connectivity index (χ0v) is 11.5. The fraction of sp³-hybridized carbons (Fsp3) is 0.429. The molecule has 1 aliphatic rings. The van der Waals surface area contributed by atoms with Gasteiger partial charge in [-0.05, 0) is 37.5 Å². The summed E-state index contributed by atoms with van der Waals surface area (Å²) >= 11 is 1.39. The molecule has 0 atom stereocenters. The molecule has 0 aliphatic heterocycles. The van der Waals surface area contributed by atoms with Crippen LogP contribution in [0.2, 0.25) is 0 Å². The van der Waals surface area contributed by atoms with Crippen LogP contribution < -0.4 is 4.80 Å². The van der Waals surface area contributed by atoms with E-state index in [0.717, 1.165) is 36.0 Å². The molecular weight excluding hydrogens is 263 g/mol. The fourth-order valence-corrected chi connectivity index (χ4v) is 3.17. The largest absolute Gasteiger partial charge is 0.316 e. The summed E-state index contributed by atoms with van der Waals surface area (Å²) in [6.07, 6.45) is 2.86. The van der Waals surface area contributed by atoms with E-state index in [1.54, 1.807) is 6.07 Å². The van der Waals surface area contributed by atoms with E-state index < -0.39 is 0 Å². The number of carbonyl (C=O) groups is 1. The third-order valence-electron chi connectivity index (χ3n) is 3.22. The lowest BCUT2D eigenvalue weighted by atomic mass is 10.3. The van der Waals surface area contributed by atoms with Crippen LogP contribution in [-0.2, 0) is 11.3 Å². The van der Waals surface area contributed by atoms with Crippen molar-refractivity contribution in [3.8, 4) is 0 Å². The summed E-state index contributed by atoms with van der Waals surface area (Å²) in [6, 6.07) is 4.72. The molecule has 1 saturated carbocycles. The maximum Gasteiger partial charge on any atom is 0.251 e. The third kappa shape index (κ3) is 2.47. The number of amides is 1. The molecule has 19 heavy (non-hydrogen) atoms. The highest BCUT2D eigenvalue weighted by Gasteiger charge is 2.29. The Balaban J connectivity index is 2.16. The molecule has 1 aromatic heterocycles. The lowest BCUT2D eigenvalue weighted by Gasteiger charge is -2.02. The molecule has 5 heteroatoms. The number of aryl methyl sites for hydroxylation is 1. The first-order chi connectivity index (χ1) is 9.19. The molecule has 1 aromatic carbocycles. The number of aromatic nitrogens is 1. The number of carbonyl (C=O) groups excluding carboxylic acids is 1. The predicted molar refractivity (Wildman–Crippen MR) is 73.4 cm³/mol. The maximum atomic E-state index is 13.3. The quantitative estimate of drug-likeness (QED) is 0.849. The minimum absolute atomic E-state index is 0.0307. The molecule has 3 nitrogen and oxygen atoms in total. The second-order valence-electron chi connectivity index (χ2n) is 4.87. The second-order valence-corrected chi connectivity index (χ2v) is 5.88. The summed E-state index contributed by atoms with van der Waals surface area (Å²) in [6.45, 7) is 2.87. The number of thiazole rings is 1. The van der Waals surface area contributed by atoms with Crippen molar-refractivity contribution < 1.29 is 9.18 Å². The Labute approximate surface area is 114 Å². The molecule has 0 saturated heterocycles. The molecule has 1 heterocycles. The molecular formula is C14H15FN2OS. The monoisotopic (exact) mass is 278 g/mol. The fourth-order valence-electron chi connectivity index (χ4n) is 2.09. The lowest BCUT2D eigenvalue weighted by molar-refractivity contribution is -0.119. The molecule has 1 amide bonds. The van der Waals surface area contributed by atoms with Crippen LogP contribution in [0.4, 0.5) is 4.39 Å². The number of halogens is 1. The molecule has 2 aromatic rings. The Morgan fingerprint density at radius 1 is 1.53 bits per heavy atom. The van der Waals surface area contributed by atoms with E-state index in [1.807, 2.05) is 4.57 Å². The number of nitrogens with zero attached hydrogens (tertiary/aromatic N) is 2. The van der Waals surface area contributed by atoms with Gasteiger partial charge in [0.05, 0.1) is 10.2 Å². The van der Waals surface area contributed by atoms with Crippen LogP contribution in [0.25, 0.3) is 10.2 Å². The van der Waals surface area contributed by atoms with Crippen LogP contribution in [0.15, 0.2) is 23.2 Å². The number of hydrogen-bond donors (Lipinski definition) is 0. The number of benzene rings is 1. The van der Waals surface area contributed by atoms with E-state index in [9.17, 15) is 9.18 Å². The van der Waals surface area contributed by atoms with Gasteiger partial charge < -0.3 is 4.57 Å². The molecule has 0 bridgehead atoms. The van der Waals surface area contributed by atoms with E-state index in [-0.39, 0.29) is 17.6 Å². The SMILES string of the molecule is CCCn1c(=NC(=O)C2CC2)sc2cc(F)ccc21. The van der Waals surface area contributed by atoms with Gasteiger partial charge in [0.25, 0.3) is 5.91 Å². The van der Waals surface area contributed by atoms with Crippen LogP contribution in [0.5, 0.6) is 0 Å². The van der Waals surface area contributed by atoms with Gasteiger partial charge in [0.2, 0.25) is 0 Å². The summed E-state index contributed by atoms with van der Waals surface area (Å²) in [5, 5.41) is 0. The van der Waals surface area contributed by atoms with E-state index in [4.69, 9.17) is 0 Å². The average Bonchev–Trinajstić information content (AvgIpc) is 3.16. The zero-order valence-electron chi connectivity index (χ0n) is 10.7. The van der Waals surface area contributed by atoms with Crippen molar-refractivity contribution in [2.45, 2.75) is 32.7 Å². The van der Waals surface area contributed by atoms with Crippen LogP contribution in [-0.4, -0.2) is 10.5 Å². The Bertz CT molecular complexity index is 697. The van der Waals surface area contributed by atoms with Gasteiger partial charge in [-0.15, -0.1) is 0 Å².